The molecule has 0 spiro atoms. The second-order valence-electron chi connectivity index (χ2n) is 5.14. The van der Waals surface area contributed by atoms with E-state index in [9.17, 15) is 4.39 Å². The Bertz CT molecular complexity index is 718. The maximum atomic E-state index is 13.6. The number of imidazole rings is 1. The fourth-order valence-corrected chi connectivity index (χ4v) is 3.33. The number of aromatic nitrogens is 2. The highest BCUT2D eigenvalue weighted by atomic mass is 32.1. The zero-order valence-corrected chi connectivity index (χ0v) is 13.0. The van der Waals surface area contributed by atoms with Crippen LogP contribution in [0.5, 0.6) is 0 Å². The van der Waals surface area contributed by atoms with Crippen molar-refractivity contribution in [2.45, 2.75) is 26.3 Å². The van der Waals surface area contributed by atoms with Gasteiger partial charge in [-0.15, -0.1) is 11.3 Å². The summed E-state index contributed by atoms with van der Waals surface area (Å²) in [6, 6.07) is 5.05. The van der Waals surface area contributed by atoms with E-state index < -0.39 is 0 Å². The van der Waals surface area contributed by atoms with Crippen molar-refractivity contribution >= 4 is 16.3 Å². The van der Waals surface area contributed by atoms with Gasteiger partial charge in [0.1, 0.15) is 5.82 Å². The molecule has 5 heteroatoms. The summed E-state index contributed by atoms with van der Waals surface area (Å²) in [7, 11) is 0. The van der Waals surface area contributed by atoms with Crippen molar-refractivity contribution in [1.29, 1.82) is 0 Å². The number of nitrogens with one attached hydrogen (secondary N) is 1. The average molecular weight is 303 g/mol. The van der Waals surface area contributed by atoms with E-state index in [2.05, 4.69) is 17.2 Å². The monoisotopic (exact) mass is 303 g/mol. The molecule has 3 rings (SSSR count). The van der Waals surface area contributed by atoms with Crippen molar-refractivity contribution in [1.82, 2.24) is 14.7 Å². The van der Waals surface area contributed by atoms with Gasteiger partial charge in [-0.05, 0) is 36.7 Å². The van der Waals surface area contributed by atoms with Gasteiger partial charge >= 0.3 is 0 Å². The molecule has 0 amide bonds. The average Bonchev–Trinajstić information content (AvgIpc) is 3.02. The molecule has 3 nitrogen and oxygen atoms in total. The van der Waals surface area contributed by atoms with Crippen molar-refractivity contribution in [2.75, 3.05) is 6.54 Å². The van der Waals surface area contributed by atoms with Gasteiger partial charge in [-0.25, -0.2) is 9.37 Å². The van der Waals surface area contributed by atoms with Crippen LogP contribution in [0.2, 0.25) is 0 Å². The quantitative estimate of drug-likeness (QED) is 0.778. The van der Waals surface area contributed by atoms with E-state index in [0.717, 1.165) is 34.7 Å². The van der Waals surface area contributed by atoms with E-state index in [-0.39, 0.29) is 11.9 Å². The summed E-state index contributed by atoms with van der Waals surface area (Å²) in [5.74, 6) is -0.190. The minimum Gasteiger partial charge on any atom is -0.310 e. The number of halogens is 1. The SMILES string of the molecule is CCNC(Cc1cn2ccsc2n1)c1cc(F)ccc1C. The normalized spacial score (nSPS) is 12.9. The number of likely N-dealkylation sites (N-methyl/N-ethyl adjacent to an activating group) is 1. The Kier molecular flexibility index (Phi) is 4.03. The van der Waals surface area contributed by atoms with E-state index in [1.54, 1.807) is 17.4 Å². The molecule has 110 valence electrons. The molecule has 0 radical (unpaired) electrons. The molecular weight excluding hydrogens is 285 g/mol. The van der Waals surface area contributed by atoms with Crippen LogP contribution >= 0.6 is 11.3 Å². The lowest BCUT2D eigenvalue weighted by Gasteiger charge is -2.19. The van der Waals surface area contributed by atoms with Gasteiger partial charge in [0.05, 0.1) is 5.69 Å². The lowest BCUT2D eigenvalue weighted by molar-refractivity contribution is 0.536. The maximum absolute atomic E-state index is 13.6. The summed E-state index contributed by atoms with van der Waals surface area (Å²) in [4.78, 5) is 5.62. The maximum Gasteiger partial charge on any atom is 0.193 e. The summed E-state index contributed by atoms with van der Waals surface area (Å²) < 4.78 is 15.6. The summed E-state index contributed by atoms with van der Waals surface area (Å²) in [6.07, 6.45) is 4.81. The van der Waals surface area contributed by atoms with Crippen LogP contribution in [0.1, 0.15) is 29.8 Å². The smallest absolute Gasteiger partial charge is 0.193 e. The van der Waals surface area contributed by atoms with Gasteiger partial charge in [-0.3, -0.25) is 4.40 Å². The Morgan fingerprint density at radius 2 is 2.29 bits per heavy atom. The molecule has 1 unspecified atom stereocenters. The summed E-state index contributed by atoms with van der Waals surface area (Å²) >= 11 is 1.62. The molecule has 0 bridgehead atoms. The van der Waals surface area contributed by atoms with Crippen LogP contribution < -0.4 is 5.32 Å². The summed E-state index contributed by atoms with van der Waals surface area (Å²) in [5.41, 5.74) is 3.13. The van der Waals surface area contributed by atoms with Gasteiger partial charge in [-0.1, -0.05) is 13.0 Å². The number of nitrogens with zero attached hydrogens (tertiary/aromatic N) is 2. The molecule has 0 saturated heterocycles. The standard InChI is InChI=1S/C16H18FN3S/c1-3-18-15(14-8-12(17)5-4-11(14)2)9-13-10-20-6-7-21-16(20)19-13/h4-8,10,15,18H,3,9H2,1-2H3. The lowest BCUT2D eigenvalue weighted by Crippen LogP contribution is -2.24. The molecule has 3 aromatic rings. The molecular formula is C16H18FN3S. The van der Waals surface area contributed by atoms with Crippen LogP contribution in [-0.2, 0) is 6.42 Å². The summed E-state index contributed by atoms with van der Waals surface area (Å²) in [5, 5.41) is 5.46. The van der Waals surface area contributed by atoms with Crippen LogP contribution in [-0.4, -0.2) is 15.9 Å². The van der Waals surface area contributed by atoms with Crippen molar-refractivity contribution in [3.05, 3.63) is 58.6 Å². The third-order valence-electron chi connectivity index (χ3n) is 3.62. The Hall–Kier alpha value is -1.72. The third-order valence-corrected chi connectivity index (χ3v) is 4.39. The fraction of sp³-hybridized carbons (Fsp3) is 0.312. The molecule has 0 saturated carbocycles. The zero-order valence-electron chi connectivity index (χ0n) is 12.1. The van der Waals surface area contributed by atoms with Crippen LogP contribution in [0, 0.1) is 12.7 Å². The molecule has 0 aliphatic rings. The van der Waals surface area contributed by atoms with Crippen LogP contribution in [0.3, 0.4) is 0 Å². The van der Waals surface area contributed by atoms with Crippen LogP contribution in [0.25, 0.3) is 4.96 Å². The van der Waals surface area contributed by atoms with Crippen LogP contribution in [0.4, 0.5) is 4.39 Å². The van der Waals surface area contributed by atoms with Crippen molar-refractivity contribution in [3.63, 3.8) is 0 Å². The van der Waals surface area contributed by atoms with Gasteiger partial charge in [0.25, 0.3) is 0 Å². The van der Waals surface area contributed by atoms with Gasteiger partial charge < -0.3 is 5.32 Å². The molecule has 1 N–H and O–H groups in total. The number of hydrogen-bond donors (Lipinski definition) is 1. The Morgan fingerprint density at radius 1 is 1.43 bits per heavy atom. The minimum absolute atomic E-state index is 0.0790. The summed E-state index contributed by atoms with van der Waals surface area (Å²) in [6.45, 7) is 4.92. The molecule has 1 atom stereocenters. The van der Waals surface area contributed by atoms with E-state index in [1.807, 2.05) is 35.2 Å². The van der Waals surface area contributed by atoms with Crippen molar-refractivity contribution in [3.8, 4) is 0 Å². The molecule has 21 heavy (non-hydrogen) atoms. The number of benzene rings is 1. The highest BCUT2D eigenvalue weighted by molar-refractivity contribution is 7.15. The first-order valence-electron chi connectivity index (χ1n) is 7.08. The Morgan fingerprint density at radius 3 is 3.05 bits per heavy atom. The zero-order chi connectivity index (χ0) is 14.8. The molecule has 2 heterocycles. The number of hydrogen-bond acceptors (Lipinski definition) is 3. The first-order chi connectivity index (χ1) is 10.2. The number of aryl methyl sites for hydroxylation is 1. The van der Waals surface area contributed by atoms with Gasteiger partial charge in [0, 0.05) is 30.2 Å². The van der Waals surface area contributed by atoms with E-state index in [4.69, 9.17) is 0 Å². The van der Waals surface area contributed by atoms with Gasteiger partial charge in [0.15, 0.2) is 4.96 Å². The van der Waals surface area contributed by atoms with E-state index in [1.165, 1.54) is 6.07 Å². The second kappa shape index (κ2) is 5.95. The Balaban J connectivity index is 1.90. The van der Waals surface area contributed by atoms with Crippen molar-refractivity contribution < 1.29 is 4.39 Å². The molecule has 1 aromatic carbocycles. The molecule has 2 aromatic heterocycles. The topological polar surface area (TPSA) is 29.3 Å². The lowest BCUT2D eigenvalue weighted by atomic mass is 9.97. The van der Waals surface area contributed by atoms with Crippen molar-refractivity contribution in [2.24, 2.45) is 0 Å². The predicted octanol–water partition coefficient (Wildman–Crippen LogP) is 3.74. The Labute approximate surface area is 127 Å². The first kappa shape index (κ1) is 14.2. The largest absolute Gasteiger partial charge is 0.310 e. The number of fused-ring (bicyclic) bond motifs is 1. The highest BCUT2D eigenvalue weighted by Crippen LogP contribution is 2.23. The van der Waals surface area contributed by atoms with Gasteiger partial charge in [0.2, 0.25) is 0 Å². The fourth-order valence-electron chi connectivity index (χ4n) is 2.61. The van der Waals surface area contributed by atoms with E-state index >= 15 is 0 Å². The number of rotatable bonds is 5. The third kappa shape index (κ3) is 2.99. The minimum atomic E-state index is -0.190. The highest BCUT2D eigenvalue weighted by Gasteiger charge is 2.16. The predicted molar refractivity (Wildman–Crippen MR) is 84.3 cm³/mol. The first-order valence-corrected chi connectivity index (χ1v) is 7.96. The number of thiazole rings is 1. The molecule has 0 fully saturated rings. The van der Waals surface area contributed by atoms with E-state index in [0.29, 0.717) is 0 Å². The second-order valence-corrected chi connectivity index (χ2v) is 6.01. The van der Waals surface area contributed by atoms with Gasteiger partial charge in [-0.2, -0.15) is 0 Å². The van der Waals surface area contributed by atoms with Crippen LogP contribution in [0.15, 0.2) is 36.0 Å². The molecule has 0 aliphatic heterocycles. The molecule has 0 aliphatic carbocycles.